The predicted molar refractivity (Wildman–Crippen MR) is 68.5 cm³/mol. The molecule has 0 aliphatic heterocycles. The predicted octanol–water partition coefficient (Wildman–Crippen LogP) is -0.136. The Morgan fingerprint density at radius 1 is 1.53 bits per heavy atom. The molecule has 1 unspecified atom stereocenters. The van der Waals surface area contributed by atoms with Crippen LogP contribution in [0.15, 0.2) is 17.1 Å². The highest BCUT2D eigenvalue weighted by Gasteiger charge is 2.18. The molecule has 0 saturated heterocycles. The zero-order chi connectivity index (χ0) is 13.0. The molecule has 0 fully saturated rings. The van der Waals surface area contributed by atoms with Gasteiger partial charge in [0.25, 0.3) is 11.5 Å². The Bertz CT molecular complexity index is 499. The molecule has 0 radical (unpaired) electrons. The number of nitrogens with zero attached hydrogens (tertiary/aromatic N) is 2. The molecule has 2 N–H and O–H groups in total. The largest absolute Gasteiger partial charge is 0.341 e. The Morgan fingerprint density at radius 3 is 2.71 bits per heavy atom. The van der Waals surface area contributed by atoms with E-state index in [0.29, 0.717) is 3.57 Å². The van der Waals surface area contributed by atoms with E-state index in [1.54, 1.807) is 0 Å². The first kappa shape index (κ1) is 13.6. The maximum Gasteiger partial charge on any atom is 0.321 e. The summed E-state index contributed by atoms with van der Waals surface area (Å²) in [6, 6.07) is -0.116. The van der Waals surface area contributed by atoms with Crippen molar-refractivity contribution in [2.75, 3.05) is 7.05 Å². The van der Waals surface area contributed by atoms with E-state index in [1.807, 2.05) is 22.6 Å². The molecule has 1 rings (SSSR count). The van der Waals surface area contributed by atoms with E-state index in [4.69, 9.17) is 0 Å². The summed E-state index contributed by atoms with van der Waals surface area (Å²) in [5.74, 6) is -0.597. The maximum absolute atomic E-state index is 11.6. The SMILES string of the molecule is CNC(=O)NC(=O)C(C)n1ncc(I)cc1=O. The summed E-state index contributed by atoms with van der Waals surface area (Å²) in [7, 11) is 1.39. The van der Waals surface area contributed by atoms with Gasteiger partial charge in [0.15, 0.2) is 0 Å². The van der Waals surface area contributed by atoms with Crippen LogP contribution in [0, 0.1) is 3.57 Å². The fourth-order valence-electron chi connectivity index (χ4n) is 1.08. The van der Waals surface area contributed by atoms with Gasteiger partial charge in [-0.15, -0.1) is 0 Å². The van der Waals surface area contributed by atoms with Crippen LogP contribution in [0.25, 0.3) is 0 Å². The zero-order valence-corrected chi connectivity index (χ0v) is 11.4. The summed E-state index contributed by atoms with van der Waals surface area (Å²) in [6.07, 6.45) is 1.46. The standard InChI is InChI=1S/C9H11IN4O3/c1-5(8(16)13-9(17)11-2)14-7(15)3-6(10)4-12-14/h3-5H,1-2H3,(H2,11,13,16,17). The fraction of sp³-hybridized carbons (Fsp3) is 0.333. The number of halogens is 1. The highest BCUT2D eigenvalue weighted by Crippen LogP contribution is 2.02. The Balaban J connectivity index is 2.89. The third-order valence-electron chi connectivity index (χ3n) is 2.00. The summed E-state index contributed by atoms with van der Waals surface area (Å²) in [5.41, 5.74) is -0.392. The molecule has 1 aromatic rings. The second-order valence-corrected chi connectivity index (χ2v) is 4.45. The molecule has 1 aromatic heterocycles. The van der Waals surface area contributed by atoms with Crippen LogP contribution in [0.5, 0.6) is 0 Å². The Kier molecular flexibility index (Phi) is 4.61. The number of rotatable bonds is 2. The van der Waals surface area contributed by atoms with Crippen molar-refractivity contribution in [3.8, 4) is 0 Å². The van der Waals surface area contributed by atoms with E-state index in [-0.39, 0.29) is 0 Å². The molecular formula is C9H11IN4O3. The molecule has 7 nitrogen and oxygen atoms in total. The molecule has 0 saturated carbocycles. The van der Waals surface area contributed by atoms with Crippen molar-refractivity contribution in [3.05, 3.63) is 26.2 Å². The molecule has 0 aliphatic carbocycles. The minimum Gasteiger partial charge on any atom is -0.341 e. The number of carbonyl (C=O) groups excluding carboxylic acids is 2. The van der Waals surface area contributed by atoms with E-state index in [1.165, 1.54) is 26.2 Å². The van der Waals surface area contributed by atoms with Gasteiger partial charge in [-0.1, -0.05) is 0 Å². The average molecular weight is 350 g/mol. The van der Waals surface area contributed by atoms with Gasteiger partial charge < -0.3 is 5.32 Å². The van der Waals surface area contributed by atoms with Crippen LogP contribution in [0.2, 0.25) is 0 Å². The van der Waals surface area contributed by atoms with Gasteiger partial charge in [0.05, 0.1) is 6.20 Å². The molecule has 0 spiro atoms. The minimum absolute atomic E-state index is 0.392. The number of amides is 3. The monoisotopic (exact) mass is 350 g/mol. The molecule has 1 heterocycles. The summed E-state index contributed by atoms with van der Waals surface area (Å²) in [5, 5.41) is 8.16. The lowest BCUT2D eigenvalue weighted by atomic mass is 10.3. The van der Waals surface area contributed by atoms with E-state index in [9.17, 15) is 14.4 Å². The van der Waals surface area contributed by atoms with Crippen LogP contribution < -0.4 is 16.2 Å². The van der Waals surface area contributed by atoms with Crippen molar-refractivity contribution >= 4 is 34.5 Å². The van der Waals surface area contributed by atoms with Crippen LogP contribution in [0.3, 0.4) is 0 Å². The second-order valence-electron chi connectivity index (χ2n) is 3.20. The first-order valence-electron chi connectivity index (χ1n) is 4.72. The van der Waals surface area contributed by atoms with Gasteiger partial charge in [-0.25, -0.2) is 9.48 Å². The molecule has 8 heteroatoms. The first-order chi connectivity index (χ1) is 7.95. The highest BCUT2D eigenvalue weighted by molar-refractivity contribution is 14.1. The average Bonchev–Trinajstić information content (AvgIpc) is 2.28. The molecule has 0 aliphatic rings. The second kappa shape index (κ2) is 5.75. The Morgan fingerprint density at radius 2 is 2.18 bits per heavy atom. The fourth-order valence-corrected chi connectivity index (χ4v) is 1.47. The topological polar surface area (TPSA) is 93.1 Å². The highest BCUT2D eigenvalue weighted by atomic mass is 127. The Hall–Kier alpha value is -1.45. The van der Waals surface area contributed by atoms with Crippen molar-refractivity contribution in [3.63, 3.8) is 0 Å². The van der Waals surface area contributed by atoms with Crippen molar-refractivity contribution in [2.24, 2.45) is 0 Å². The third-order valence-corrected chi connectivity index (χ3v) is 2.59. The number of imide groups is 1. The number of carbonyl (C=O) groups is 2. The normalized spacial score (nSPS) is 11.7. The number of nitrogens with one attached hydrogen (secondary N) is 2. The maximum atomic E-state index is 11.6. The number of aromatic nitrogens is 2. The van der Waals surface area contributed by atoms with Gasteiger partial charge in [0, 0.05) is 16.7 Å². The number of hydrogen-bond donors (Lipinski definition) is 2. The Labute approximate surface area is 111 Å². The van der Waals surface area contributed by atoms with Crippen LogP contribution >= 0.6 is 22.6 Å². The lowest BCUT2D eigenvalue weighted by Crippen LogP contribution is -2.43. The molecule has 92 valence electrons. The van der Waals surface area contributed by atoms with Crippen molar-refractivity contribution in [1.29, 1.82) is 0 Å². The van der Waals surface area contributed by atoms with E-state index >= 15 is 0 Å². The molecule has 0 bridgehead atoms. The van der Waals surface area contributed by atoms with E-state index in [2.05, 4.69) is 15.7 Å². The quantitative estimate of drug-likeness (QED) is 0.727. The summed E-state index contributed by atoms with van der Waals surface area (Å²) in [6.45, 7) is 1.49. The van der Waals surface area contributed by atoms with Gasteiger partial charge in [-0.05, 0) is 29.5 Å². The van der Waals surface area contributed by atoms with Crippen molar-refractivity contribution < 1.29 is 9.59 Å². The van der Waals surface area contributed by atoms with Crippen LogP contribution in [-0.4, -0.2) is 28.8 Å². The van der Waals surface area contributed by atoms with Gasteiger partial charge in [-0.2, -0.15) is 5.10 Å². The lowest BCUT2D eigenvalue weighted by molar-refractivity contribution is -0.123. The first-order valence-corrected chi connectivity index (χ1v) is 5.80. The molecule has 3 amide bonds. The number of urea groups is 1. The van der Waals surface area contributed by atoms with E-state index < -0.39 is 23.5 Å². The molecular weight excluding hydrogens is 339 g/mol. The van der Waals surface area contributed by atoms with Gasteiger partial charge >= 0.3 is 6.03 Å². The third kappa shape index (κ3) is 3.51. The zero-order valence-electron chi connectivity index (χ0n) is 9.23. The molecule has 1 atom stereocenters. The van der Waals surface area contributed by atoms with Gasteiger partial charge in [0.1, 0.15) is 6.04 Å². The molecule has 17 heavy (non-hydrogen) atoms. The smallest absolute Gasteiger partial charge is 0.321 e. The summed E-state index contributed by atoms with van der Waals surface area (Å²) in [4.78, 5) is 34.1. The summed E-state index contributed by atoms with van der Waals surface area (Å²) < 4.78 is 1.70. The van der Waals surface area contributed by atoms with Crippen LogP contribution in [-0.2, 0) is 4.79 Å². The van der Waals surface area contributed by atoms with E-state index in [0.717, 1.165) is 4.68 Å². The molecule has 0 aromatic carbocycles. The minimum atomic E-state index is -0.850. The summed E-state index contributed by atoms with van der Waals surface area (Å²) >= 11 is 1.95. The van der Waals surface area contributed by atoms with Gasteiger partial charge in [0.2, 0.25) is 0 Å². The number of hydrogen-bond acceptors (Lipinski definition) is 4. The lowest BCUT2D eigenvalue weighted by Gasteiger charge is -2.12. The van der Waals surface area contributed by atoms with Crippen molar-refractivity contribution in [2.45, 2.75) is 13.0 Å². The van der Waals surface area contributed by atoms with Gasteiger partial charge in [-0.3, -0.25) is 14.9 Å². The van der Waals surface area contributed by atoms with Crippen LogP contribution in [0.1, 0.15) is 13.0 Å². The van der Waals surface area contributed by atoms with Crippen LogP contribution in [0.4, 0.5) is 4.79 Å². The van der Waals surface area contributed by atoms with Crippen molar-refractivity contribution in [1.82, 2.24) is 20.4 Å².